The molecular formula is C12H18. The molecule has 0 saturated heterocycles. The van der Waals surface area contributed by atoms with Crippen molar-refractivity contribution in [3.8, 4) is 0 Å². The Morgan fingerprint density at radius 2 is 2.25 bits per heavy atom. The molecule has 0 heterocycles. The summed E-state index contributed by atoms with van der Waals surface area (Å²) in [5.74, 6) is 1.76. The van der Waals surface area contributed by atoms with Crippen LogP contribution in [0.1, 0.15) is 33.6 Å². The molecule has 3 aliphatic rings. The van der Waals surface area contributed by atoms with Crippen LogP contribution in [0.3, 0.4) is 0 Å². The Morgan fingerprint density at radius 1 is 1.58 bits per heavy atom. The lowest BCUT2D eigenvalue weighted by atomic mass is 9.48. The maximum absolute atomic E-state index is 4.05. The van der Waals surface area contributed by atoms with Crippen LogP contribution in [-0.4, -0.2) is 0 Å². The first-order chi connectivity index (χ1) is 5.53. The van der Waals surface area contributed by atoms with E-state index < -0.39 is 0 Å². The van der Waals surface area contributed by atoms with Crippen molar-refractivity contribution >= 4 is 0 Å². The van der Waals surface area contributed by atoms with Crippen molar-refractivity contribution in [1.29, 1.82) is 0 Å². The van der Waals surface area contributed by atoms with Crippen LogP contribution in [0.2, 0.25) is 0 Å². The monoisotopic (exact) mass is 162 g/mol. The molecule has 3 rings (SSSR count). The van der Waals surface area contributed by atoms with E-state index in [1.165, 1.54) is 18.4 Å². The smallest absolute Gasteiger partial charge is 0.0106 e. The predicted molar refractivity (Wildman–Crippen MR) is 52.9 cm³/mol. The zero-order chi connectivity index (χ0) is 8.93. The summed E-state index contributed by atoms with van der Waals surface area (Å²) in [5, 5.41) is 0. The molecule has 2 atom stereocenters. The summed E-state index contributed by atoms with van der Waals surface area (Å²) in [6, 6.07) is 0. The van der Waals surface area contributed by atoms with Crippen LogP contribution in [0.15, 0.2) is 23.8 Å². The molecule has 1 fully saturated rings. The second-order valence-corrected chi connectivity index (χ2v) is 4.98. The molecule has 2 unspecified atom stereocenters. The Kier molecular flexibility index (Phi) is 1.51. The third kappa shape index (κ3) is 0.840. The van der Waals surface area contributed by atoms with E-state index in [0.717, 1.165) is 11.8 Å². The van der Waals surface area contributed by atoms with Gasteiger partial charge in [0.1, 0.15) is 0 Å². The summed E-state index contributed by atoms with van der Waals surface area (Å²) >= 11 is 0. The molecule has 0 heteroatoms. The molecule has 12 heavy (non-hydrogen) atoms. The number of allylic oxidation sites excluding steroid dienone is 3. The summed E-state index contributed by atoms with van der Waals surface area (Å²) in [5.41, 5.74) is 3.39. The van der Waals surface area contributed by atoms with Gasteiger partial charge in [-0.05, 0) is 42.6 Å². The Labute approximate surface area is 75.4 Å². The van der Waals surface area contributed by atoms with E-state index in [4.69, 9.17) is 0 Å². The number of rotatable bonds is 1. The molecule has 0 N–H and O–H groups in total. The maximum atomic E-state index is 4.05. The highest BCUT2D eigenvalue weighted by Gasteiger charge is 2.50. The van der Waals surface area contributed by atoms with Crippen molar-refractivity contribution in [2.45, 2.75) is 33.6 Å². The molecule has 0 spiro atoms. The predicted octanol–water partition coefficient (Wildman–Crippen LogP) is 3.55. The Balaban J connectivity index is 2.30. The summed E-state index contributed by atoms with van der Waals surface area (Å²) in [6.45, 7) is 11.0. The van der Waals surface area contributed by atoms with Gasteiger partial charge in [0, 0.05) is 0 Å². The molecule has 3 aliphatic carbocycles. The Morgan fingerprint density at radius 3 is 2.58 bits per heavy atom. The normalized spacial score (nSPS) is 36.8. The molecule has 0 aromatic heterocycles. The molecule has 66 valence electrons. The van der Waals surface area contributed by atoms with E-state index in [0.29, 0.717) is 5.41 Å². The topological polar surface area (TPSA) is 0 Å². The van der Waals surface area contributed by atoms with E-state index in [-0.39, 0.29) is 0 Å². The molecule has 0 aliphatic heterocycles. The third-order valence-electron chi connectivity index (χ3n) is 3.96. The second-order valence-electron chi connectivity index (χ2n) is 4.98. The van der Waals surface area contributed by atoms with Gasteiger partial charge < -0.3 is 0 Å². The number of hydrogen-bond donors (Lipinski definition) is 0. The fourth-order valence-electron chi connectivity index (χ4n) is 2.83. The van der Waals surface area contributed by atoms with Gasteiger partial charge in [-0.1, -0.05) is 32.1 Å². The summed E-state index contributed by atoms with van der Waals surface area (Å²) in [6.07, 6.45) is 5.10. The molecule has 0 aromatic carbocycles. The minimum atomic E-state index is 0.559. The minimum absolute atomic E-state index is 0.559. The fraction of sp³-hybridized carbons (Fsp3) is 0.667. The van der Waals surface area contributed by atoms with Gasteiger partial charge in [0.25, 0.3) is 0 Å². The average molecular weight is 162 g/mol. The maximum Gasteiger partial charge on any atom is -0.0106 e. The molecule has 0 nitrogen and oxygen atoms in total. The van der Waals surface area contributed by atoms with Gasteiger partial charge in [-0.2, -0.15) is 0 Å². The summed E-state index contributed by atoms with van der Waals surface area (Å²) in [7, 11) is 0. The van der Waals surface area contributed by atoms with E-state index in [1.54, 1.807) is 5.57 Å². The average Bonchev–Trinajstić information content (AvgIpc) is 2.04. The van der Waals surface area contributed by atoms with Crippen molar-refractivity contribution in [2.24, 2.45) is 17.3 Å². The van der Waals surface area contributed by atoms with Crippen LogP contribution < -0.4 is 0 Å². The highest BCUT2D eigenvalue weighted by Crippen LogP contribution is 2.60. The lowest BCUT2D eigenvalue weighted by Crippen LogP contribution is -2.48. The van der Waals surface area contributed by atoms with Crippen LogP contribution in [0.5, 0.6) is 0 Å². The SMILES string of the molecule is C=C(C)C1=CCC2CC1C2(C)C. The largest absolute Gasteiger partial charge is 0.0958 e. The van der Waals surface area contributed by atoms with Gasteiger partial charge in [0.2, 0.25) is 0 Å². The van der Waals surface area contributed by atoms with Gasteiger partial charge in [-0.25, -0.2) is 0 Å². The lowest BCUT2D eigenvalue weighted by molar-refractivity contribution is -0.00422. The molecular weight excluding hydrogens is 144 g/mol. The highest BCUT2D eigenvalue weighted by molar-refractivity contribution is 5.36. The van der Waals surface area contributed by atoms with Gasteiger partial charge in [-0.3, -0.25) is 0 Å². The molecule has 0 amide bonds. The van der Waals surface area contributed by atoms with Gasteiger partial charge >= 0.3 is 0 Å². The molecule has 0 radical (unpaired) electrons. The van der Waals surface area contributed by atoms with Gasteiger partial charge in [0.05, 0.1) is 0 Å². The molecule has 0 aromatic rings. The quantitative estimate of drug-likeness (QED) is 0.553. The van der Waals surface area contributed by atoms with E-state index in [2.05, 4.69) is 33.4 Å². The summed E-state index contributed by atoms with van der Waals surface area (Å²) < 4.78 is 0. The first kappa shape index (κ1) is 8.10. The van der Waals surface area contributed by atoms with Gasteiger partial charge in [0.15, 0.2) is 0 Å². The van der Waals surface area contributed by atoms with Crippen LogP contribution in [0, 0.1) is 17.3 Å². The Hall–Kier alpha value is -0.520. The highest BCUT2D eigenvalue weighted by atomic mass is 14.5. The van der Waals surface area contributed by atoms with Crippen LogP contribution in [0.4, 0.5) is 0 Å². The Bertz CT molecular complexity index is 255. The molecule has 1 saturated carbocycles. The van der Waals surface area contributed by atoms with Crippen LogP contribution in [0.25, 0.3) is 0 Å². The van der Waals surface area contributed by atoms with E-state index in [1.807, 2.05) is 0 Å². The van der Waals surface area contributed by atoms with E-state index in [9.17, 15) is 0 Å². The van der Waals surface area contributed by atoms with Crippen molar-refractivity contribution in [1.82, 2.24) is 0 Å². The van der Waals surface area contributed by atoms with Crippen molar-refractivity contribution < 1.29 is 0 Å². The standard InChI is InChI=1S/C12H18/c1-8(2)10-6-5-9-7-11(10)12(9,3)4/h6,9,11H,1,5,7H2,2-4H3. The number of hydrogen-bond acceptors (Lipinski definition) is 0. The molecule has 2 bridgehead atoms. The first-order valence-corrected chi connectivity index (χ1v) is 4.89. The van der Waals surface area contributed by atoms with Crippen molar-refractivity contribution in [3.05, 3.63) is 23.8 Å². The lowest BCUT2D eigenvalue weighted by Gasteiger charge is -2.56. The number of fused-ring (bicyclic) bond motifs is 1. The summed E-state index contributed by atoms with van der Waals surface area (Å²) in [4.78, 5) is 0. The third-order valence-corrected chi connectivity index (χ3v) is 3.96. The van der Waals surface area contributed by atoms with E-state index >= 15 is 0 Å². The zero-order valence-corrected chi connectivity index (χ0v) is 8.35. The zero-order valence-electron chi connectivity index (χ0n) is 8.35. The second kappa shape index (κ2) is 2.25. The van der Waals surface area contributed by atoms with Crippen LogP contribution in [-0.2, 0) is 0 Å². The minimum Gasteiger partial charge on any atom is -0.0958 e. The van der Waals surface area contributed by atoms with Crippen molar-refractivity contribution in [3.63, 3.8) is 0 Å². The van der Waals surface area contributed by atoms with Gasteiger partial charge in [-0.15, -0.1) is 0 Å². The van der Waals surface area contributed by atoms with Crippen molar-refractivity contribution in [2.75, 3.05) is 0 Å². The van der Waals surface area contributed by atoms with Crippen LogP contribution >= 0.6 is 0 Å². The first-order valence-electron chi connectivity index (χ1n) is 4.89. The fourth-order valence-corrected chi connectivity index (χ4v) is 2.83.